The van der Waals surface area contributed by atoms with E-state index in [0.717, 1.165) is 10.0 Å². The Balaban J connectivity index is 2.37. The largest absolute Gasteiger partial charge is 0.315 e. The zero-order chi connectivity index (χ0) is 15.8. The fourth-order valence-electron chi connectivity index (χ4n) is 1.95. The first-order valence-corrected chi connectivity index (χ1v) is 9.21. The molecule has 0 saturated carbocycles. The van der Waals surface area contributed by atoms with Crippen molar-refractivity contribution >= 4 is 37.3 Å². The van der Waals surface area contributed by atoms with Gasteiger partial charge in [0.25, 0.3) is 10.0 Å². The number of aryl methyl sites for hydroxylation is 1. The summed E-state index contributed by atoms with van der Waals surface area (Å²) in [6, 6.07) is 7.40. The third-order valence-corrected chi connectivity index (χ3v) is 6.77. The van der Waals surface area contributed by atoms with Gasteiger partial charge in [-0.25, -0.2) is 13.1 Å². The Morgan fingerprint density at radius 3 is 2.29 bits per heavy atom. The Labute approximate surface area is 135 Å². The lowest BCUT2D eigenvalue weighted by molar-refractivity contribution is 0.472. The first-order valence-electron chi connectivity index (χ1n) is 6.11. The molecular weight excluding hydrogens is 376 g/mol. The van der Waals surface area contributed by atoms with Gasteiger partial charge < -0.3 is 4.98 Å². The van der Waals surface area contributed by atoms with Crippen LogP contribution in [0.1, 0.15) is 25.1 Å². The van der Waals surface area contributed by atoms with Gasteiger partial charge in [-0.1, -0.05) is 39.4 Å². The lowest BCUT2D eigenvalue weighted by Gasteiger charge is -2.26. The minimum Gasteiger partial charge on any atom is -0.315 e. The van der Waals surface area contributed by atoms with Crippen molar-refractivity contribution in [2.75, 3.05) is 0 Å². The SMILES string of the molecule is Cc1[nH]c(=O)sc1S(=O)(=O)NC(C)(C)c1ccc(Br)cc1. The van der Waals surface area contributed by atoms with Crippen LogP contribution in [-0.2, 0) is 15.6 Å². The molecule has 8 heteroatoms. The lowest BCUT2D eigenvalue weighted by atomic mass is 9.96. The number of aromatic amines is 1. The maximum Gasteiger partial charge on any atom is 0.305 e. The number of thiazole rings is 1. The predicted molar refractivity (Wildman–Crippen MR) is 87.2 cm³/mol. The second-order valence-corrected chi connectivity index (χ2v) is 8.94. The molecule has 0 radical (unpaired) electrons. The number of benzene rings is 1. The molecule has 2 N–H and O–H groups in total. The highest BCUT2D eigenvalue weighted by Crippen LogP contribution is 2.26. The first kappa shape index (κ1) is 16.4. The summed E-state index contributed by atoms with van der Waals surface area (Å²) >= 11 is 4.04. The Morgan fingerprint density at radius 2 is 1.81 bits per heavy atom. The number of sulfonamides is 1. The van der Waals surface area contributed by atoms with Gasteiger partial charge in [0.15, 0.2) is 4.21 Å². The van der Waals surface area contributed by atoms with E-state index in [-0.39, 0.29) is 9.08 Å². The highest BCUT2D eigenvalue weighted by molar-refractivity contribution is 9.10. The monoisotopic (exact) mass is 390 g/mol. The molecule has 1 heterocycles. The van der Waals surface area contributed by atoms with Crippen molar-refractivity contribution < 1.29 is 8.42 Å². The molecule has 0 aliphatic carbocycles. The molecule has 2 rings (SSSR count). The second-order valence-electron chi connectivity index (χ2n) is 5.16. The van der Waals surface area contributed by atoms with E-state index >= 15 is 0 Å². The summed E-state index contributed by atoms with van der Waals surface area (Å²) in [4.78, 5) is 13.4. The van der Waals surface area contributed by atoms with Crippen molar-refractivity contribution in [1.29, 1.82) is 0 Å². The number of rotatable bonds is 4. The van der Waals surface area contributed by atoms with Crippen LogP contribution in [0.5, 0.6) is 0 Å². The molecule has 21 heavy (non-hydrogen) atoms. The number of H-pyrrole nitrogens is 1. The van der Waals surface area contributed by atoms with Crippen molar-refractivity contribution in [2.45, 2.75) is 30.5 Å². The Kier molecular flexibility index (Phi) is 4.44. The van der Waals surface area contributed by atoms with Crippen LogP contribution in [-0.4, -0.2) is 13.4 Å². The Bertz CT molecular complexity index is 805. The molecular formula is C13H15BrN2O3S2. The van der Waals surface area contributed by atoms with Gasteiger partial charge in [0.05, 0.1) is 5.54 Å². The van der Waals surface area contributed by atoms with E-state index in [1.807, 2.05) is 24.3 Å². The van der Waals surface area contributed by atoms with Gasteiger partial charge in [0, 0.05) is 10.2 Å². The van der Waals surface area contributed by atoms with Crippen molar-refractivity contribution in [3.8, 4) is 0 Å². The molecule has 0 unspecified atom stereocenters. The van der Waals surface area contributed by atoms with Crippen molar-refractivity contribution in [2.24, 2.45) is 0 Å². The average molecular weight is 391 g/mol. The van der Waals surface area contributed by atoms with Crippen LogP contribution in [0.15, 0.2) is 37.7 Å². The minimum absolute atomic E-state index is 0.0256. The van der Waals surface area contributed by atoms with E-state index in [4.69, 9.17) is 0 Å². The highest BCUT2D eigenvalue weighted by Gasteiger charge is 2.30. The summed E-state index contributed by atoms with van der Waals surface area (Å²) in [7, 11) is -3.76. The van der Waals surface area contributed by atoms with Crippen molar-refractivity contribution in [3.63, 3.8) is 0 Å². The summed E-state index contributed by atoms with van der Waals surface area (Å²) in [5, 5.41) is 0. The van der Waals surface area contributed by atoms with Gasteiger partial charge in [-0.05, 0) is 38.5 Å². The van der Waals surface area contributed by atoms with Crippen LogP contribution >= 0.6 is 27.3 Å². The molecule has 0 bridgehead atoms. The summed E-state index contributed by atoms with van der Waals surface area (Å²) in [5.41, 5.74) is 0.387. The topological polar surface area (TPSA) is 79.0 Å². The van der Waals surface area contributed by atoms with E-state index in [1.54, 1.807) is 20.8 Å². The molecule has 0 fully saturated rings. The molecule has 0 amide bonds. The number of halogens is 1. The summed E-state index contributed by atoms with van der Waals surface area (Å²) < 4.78 is 28.5. The van der Waals surface area contributed by atoms with Crippen LogP contribution in [0, 0.1) is 6.92 Å². The highest BCUT2D eigenvalue weighted by atomic mass is 79.9. The van der Waals surface area contributed by atoms with Crippen molar-refractivity contribution in [1.82, 2.24) is 9.71 Å². The second kappa shape index (κ2) is 5.68. The maximum atomic E-state index is 12.5. The molecule has 0 atom stereocenters. The summed E-state index contributed by atoms with van der Waals surface area (Å²) in [6.45, 7) is 5.12. The van der Waals surface area contributed by atoms with Gasteiger partial charge in [0.1, 0.15) is 0 Å². The molecule has 1 aromatic carbocycles. The fraction of sp³-hybridized carbons (Fsp3) is 0.308. The number of nitrogens with one attached hydrogen (secondary N) is 2. The molecule has 2 aromatic rings. The summed E-state index contributed by atoms with van der Waals surface area (Å²) in [5.74, 6) is 0. The van der Waals surface area contributed by atoms with Crippen LogP contribution in [0.4, 0.5) is 0 Å². The van der Waals surface area contributed by atoms with E-state index in [9.17, 15) is 13.2 Å². The molecule has 5 nitrogen and oxygen atoms in total. The van der Waals surface area contributed by atoms with Crippen LogP contribution in [0.3, 0.4) is 0 Å². The standard InChI is InChI=1S/C13H15BrN2O3S2/c1-8-11(20-12(17)15-8)21(18,19)16-13(2,3)9-4-6-10(14)7-5-9/h4-7,16H,1-3H3,(H,15,17). The van der Waals surface area contributed by atoms with Gasteiger partial charge in [0.2, 0.25) is 0 Å². The molecule has 0 aliphatic heterocycles. The van der Waals surface area contributed by atoms with Gasteiger partial charge in [-0.15, -0.1) is 0 Å². The third-order valence-electron chi connectivity index (χ3n) is 2.98. The van der Waals surface area contributed by atoms with Gasteiger partial charge >= 0.3 is 4.87 Å². The average Bonchev–Trinajstić information content (AvgIpc) is 2.68. The summed E-state index contributed by atoms with van der Waals surface area (Å²) in [6.07, 6.45) is 0. The fourth-order valence-corrected chi connectivity index (χ4v) is 4.92. The molecule has 114 valence electrons. The normalized spacial score (nSPS) is 12.6. The van der Waals surface area contributed by atoms with Crippen LogP contribution < -0.4 is 9.60 Å². The third kappa shape index (κ3) is 3.63. The van der Waals surface area contributed by atoms with E-state index in [2.05, 4.69) is 25.6 Å². The van der Waals surface area contributed by atoms with E-state index in [1.165, 1.54) is 0 Å². The molecule has 0 spiro atoms. The number of hydrogen-bond acceptors (Lipinski definition) is 4. The molecule has 0 aliphatic rings. The van der Waals surface area contributed by atoms with Crippen molar-refractivity contribution in [3.05, 3.63) is 49.7 Å². The minimum atomic E-state index is -3.76. The van der Waals surface area contributed by atoms with Crippen LogP contribution in [0.25, 0.3) is 0 Å². The van der Waals surface area contributed by atoms with E-state index < -0.39 is 15.6 Å². The van der Waals surface area contributed by atoms with Gasteiger partial charge in [-0.3, -0.25) is 4.79 Å². The molecule has 1 aromatic heterocycles. The van der Waals surface area contributed by atoms with Gasteiger partial charge in [-0.2, -0.15) is 0 Å². The maximum absolute atomic E-state index is 12.5. The zero-order valence-corrected chi connectivity index (χ0v) is 14.9. The molecule has 0 saturated heterocycles. The van der Waals surface area contributed by atoms with Crippen LogP contribution in [0.2, 0.25) is 0 Å². The van der Waals surface area contributed by atoms with E-state index in [0.29, 0.717) is 17.0 Å². The quantitative estimate of drug-likeness (QED) is 0.841. The lowest BCUT2D eigenvalue weighted by Crippen LogP contribution is -2.40. The number of hydrogen-bond donors (Lipinski definition) is 2. The Morgan fingerprint density at radius 1 is 1.24 bits per heavy atom. The Hall–Kier alpha value is -0.960. The zero-order valence-electron chi connectivity index (χ0n) is 11.7. The predicted octanol–water partition coefficient (Wildman–Crippen LogP) is 2.72. The first-order chi connectivity index (χ1) is 9.62. The smallest absolute Gasteiger partial charge is 0.305 e. The number of aromatic nitrogens is 1.